The maximum absolute atomic E-state index is 12.2. The zero-order valence-electron chi connectivity index (χ0n) is 13.4. The molecule has 0 saturated heterocycles. The lowest BCUT2D eigenvalue weighted by Crippen LogP contribution is -2.34. The summed E-state index contributed by atoms with van der Waals surface area (Å²) in [6.45, 7) is 0. The van der Waals surface area contributed by atoms with E-state index in [2.05, 4.69) is 10.6 Å². The molecule has 124 valence electrons. The minimum Gasteiger partial charge on any atom is -0.378 e. The fourth-order valence-electron chi connectivity index (χ4n) is 1.97. The van der Waals surface area contributed by atoms with Crippen LogP contribution in [0.5, 0.6) is 0 Å². The number of benzene rings is 2. The van der Waals surface area contributed by atoms with Gasteiger partial charge < -0.3 is 16.0 Å². The number of carbonyl (C=O) groups excluding carboxylic acids is 2. The lowest BCUT2D eigenvalue weighted by atomic mass is 10.2. The van der Waals surface area contributed by atoms with Crippen LogP contribution in [0.1, 0.15) is 20.7 Å². The van der Waals surface area contributed by atoms with E-state index in [9.17, 15) is 9.59 Å². The fraction of sp³-hybridized carbons (Fsp3) is 0.118. The zero-order chi connectivity index (χ0) is 17.7. The van der Waals surface area contributed by atoms with Crippen molar-refractivity contribution in [2.24, 2.45) is 5.73 Å². The van der Waals surface area contributed by atoms with Gasteiger partial charge in [-0.1, -0.05) is 0 Å². The highest BCUT2D eigenvalue weighted by atomic mass is 32.1. The third-order valence-corrected chi connectivity index (χ3v) is 3.50. The Morgan fingerprint density at radius 2 is 1.50 bits per heavy atom. The number of nitrogens with one attached hydrogen (secondary N) is 2. The van der Waals surface area contributed by atoms with E-state index in [1.807, 2.05) is 31.1 Å². The average Bonchev–Trinajstić information content (AvgIpc) is 2.55. The standard InChI is InChI=1S/C17H18N4O2S/c1-21(2)14-9-5-12(6-10-14)16(23)20-17(24)19-13-7-3-11(4-8-13)15(18)22/h3-10H,1-2H3,(H2,18,22)(H2,19,20,23,24). The van der Waals surface area contributed by atoms with Crippen LogP contribution < -0.4 is 21.3 Å². The number of nitrogens with two attached hydrogens (primary N) is 1. The van der Waals surface area contributed by atoms with Gasteiger partial charge in [-0.3, -0.25) is 14.9 Å². The molecular formula is C17H18N4O2S. The smallest absolute Gasteiger partial charge is 0.257 e. The van der Waals surface area contributed by atoms with Gasteiger partial charge in [-0.2, -0.15) is 0 Å². The number of carbonyl (C=O) groups is 2. The van der Waals surface area contributed by atoms with Crippen molar-refractivity contribution >= 4 is 40.5 Å². The minimum absolute atomic E-state index is 0.170. The van der Waals surface area contributed by atoms with Crippen LogP contribution in [0.25, 0.3) is 0 Å². The highest BCUT2D eigenvalue weighted by Crippen LogP contribution is 2.12. The molecule has 2 aromatic carbocycles. The number of nitrogens with zero attached hydrogens (tertiary/aromatic N) is 1. The van der Waals surface area contributed by atoms with Crippen molar-refractivity contribution in [3.05, 3.63) is 59.7 Å². The Morgan fingerprint density at radius 1 is 0.958 bits per heavy atom. The first-order chi connectivity index (χ1) is 11.4. The van der Waals surface area contributed by atoms with Gasteiger partial charge in [0.25, 0.3) is 5.91 Å². The van der Waals surface area contributed by atoms with E-state index in [0.717, 1.165) is 5.69 Å². The quantitative estimate of drug-likeness (QED) is 0.740. The molecule has 0 saturated carbocycles. The van der Waals surface area contributed by atoms with Crippen LogP contribution in [0.2, 0.25) is 0 Å². The van der Waals surface area contributed by atoms with E-state index >= 15 is 0 Å². The number of amides is 2. The van der Waals surface area contributed by atoms with E-state index in [-0.39, 0.29) is 11.0 Å². The summed E-state index contributed by atoms with van der Waals surface area (Å²) in [4.78, 5) is 25.1. The molecule has 24 heavy (non-hydrogen) atoms. The number of hydrogen-bond acceptors (Lipinski definition) is 4. The van der Waals surface area contributed by atoms with Crippen LogP contribution in [-0.2, 0) is 0 Å². The summed E-state index contributed by atoms with van der Waals surface area (Å²) >= 11 is 5.12. The summed E-state index contributed by atoms with van der Waals surface area (Å²) in [5, 5.41) is 5.65. The highest BCUT2D eigenvalue weighted by Gasteiger charge is 2.08. The molecule has 2 aromatic rings. The molecule has 0 spiro atoms. The number of rotatable bonds is 4. The first-order valence-electron chi connectivity index (χ1n) is 7.16. The van der Waals surface area contributed by atoms with E-state index in [0.29, 0.717) is 16.8 Å². The molecule has 0 atom stereocenters. The molecule has 0 aromatic heterocycles. The summed E-state index contributed by atoms with van der Waals surface area (Å²) in [5.74, 6) is -0.801. The average molecular weight is 342 g/mol. The van der Waals surface area contributed by atoms with Gasteiger partial charge in [0.2, 0.25) is 5.91 Å². The van der Waals surface area contributed by atoms with Crippen LogP contribution in [0.4, 0.5) is 11.4 Å². The molecule has 2 amide bonds. The zero-order valence-corrected chi connectivity index (χ0v) is 14.2. The lowest BCUT2D eigenvalue weighted by Gasteiger charge is -2.13. The molecule has 0 bridgehead atoms. The van der Waals surface area contributed by atoms with Crippen molar-refractivity contribution in [2.45, 2.75) is 0 Å². The Morgan fingerprint density at radius 3 is 2.00 bits per heavy atom. The molecule has 0 heterocycles. The molecule has 0 aliphatic rings. The highest BCUT2D eigenvalue weighted by molar-refractivity contribution is 7.80. The third kappa shape index (κ3) is 4.53. The Hall–Kier alpha value is -2.93. The maximum atomic E-state index is 12.2. The first kappa shape index (κ1) is 17.4. The molecule has 0 fully saturated rings. The van der Waals surface area contributed by atoms with Gasteiger partial charge in [0, 0.05) is 36.6 Å². The Balaban J connectivity index is 1.96. The van der Waals surface area contributed by atoms with E-state index < -0.39 is 5.91 Å². The molecule has 4 N–H and O–H groups in total. The Labute approximate surface area is 145 Å². The predicted molar refractivity (Wildman–Crippen MR) is 99.4 cm³/mol. The second kappa shape index (κ2) is 7.56. The summed E-state index contributed by atoms with van der Waals surface area (Å²) in [5.41, 5.74) is 7.74. The lowest BCUT2D eigenvalue weighted by molar-refractivity contribution is 0.0975. The monoisotopic (exact) mass is 342 g/mol. The van der Waals surface area contributed by atoms with Crippen molar-refractivity contribution in [3.63, 3.8) is 0 Å². The van der Waals surface area contributed by atoms with Crippen molar-refractivity contribution < 1.29 is 9.59 Å². The minimum atomic E-state index is -0.501. The van der Waals surface area contributed by atoms with Crippen LogP contribution in [0.15, 0.2) is 48.5 Å². The summed E-state index contributed by atoms with van der Waals surface area (Å²) in [7, 11) is 3.86. The van der Waals surface area contributed by atoms with E-state index in [4.69, 9.17) is 18.0 Å². The third-order valence-electron chi connectivity index (χ3n) is 3.30. The van der Waals surface area contributed by atoms with Gasteiger partial charge in [-0.15, -0.1) is 0 Å². The van der Waals surface area contributed by atoms with Gasteiger partial charge in [-0.25, -0.2) is 0 Å². The van der Waals surface area contributed by atoms with E-state index in [1.54, 1.807) is 36.4 Å². The largest absolute Gasteiger partial charge is 0.378 e. The first-order valence-corrected chi connectivity index (χ1v) is 7.57. The molecule has 0 unspecified atom stereocenters. The molecule has 2 rings (SSSR count). The molecule has 0 aliphatic heterocycles. The molecule has 0 aliphatic carbocycles. The summed E-state index contributed by atoms with van der Waals surface area (Å²) in [6.07, 6.45) is 0. The van der Waals surface area contributed by atoms with Crippen molar-refractivity contribution in [3.8, 4) is 0 Å². The van der Waals surface area contributed by atoms with Crippen LogP contribution in [0.3, 0.4) is 0 Å². The number of thiocarbonyl (C=S) groups is 1. The summed E-state index contributed by atoms with van der Waals surface area (Å²) < 4.78 is 0. The number of anilines is 2. The maximum Gasteiger partial charge on any atom is 0.257 e. The van der Waals surface area contributed by atoms with Crippen LogP contribution in [-0.4, -0.2) is 31.0 Å². The second-order valence-electron chi connectivity index (χ2n) is 5.29. The molecule has 0 radical (unpaired) electrons. The van der Waals surface area contributed by atoms with Crippen molar-refractivity contribution in [1.29, 1.82) is 0 Å². The molecular weight excluding hydrogens is 324 g/mol. The number of primary amides is 1. The fourth-order valence-corrected chi connectivity index (χ4v) is 2.18. The van der Waals surface area contributed by atoms with Crippen LogP contribution in [0, 0.1) is 0 Å². The SMILES string of the molecule is CN(C)c1ccc(C(=O)NC(=S)Nc2ccc(C(N)=O)cc2)cc1. The molecule has 7 heteroatoms. The molecule has 6 nitrogen and oxygen atoms in total. The van der Waals surface area contributed by atoms with Gasteiger partial charge in [-0.05, 0) is 60.7 Å². The van der Waals surface area contributed by atoms with Gasteiger partial charge in [0.05, 0.1) is 0 Å². The van der Waals surface area contributed by atoms with Gasteiger partial charge >= 0.3 is 0 Å². The number of hydrogen-bond donors (Lipinski definition) is 3. The van der Waals surface area contributed by atoms with Gasteiger partial charge in [0.1, 0.15) is 0 Å². The van der Waals surface area contributed by atoms with Crippen molar-refractivity contribution in [2.75, 3.05) is 24.3 Å². The second-order valence-corrected chi connectivity index (χ2v) is 5.70. The van der Waals surface area contributed by atoms with Crippen molar-refractivity contribution in [1.82, 2.24) is 5.32 Å². The summed E-state index contributed by atoms with van der Waals surface area (Å²) in [6, 6.07) is 13.6. The topological polar surface area (TPSA) is 87.5 Å². The predicted octanol–water partition coefficient (Wildman–Crippen LogP) is 1.98. The van der Waals surface area contributed by atoms with E-state index in [1.165, 1.54) is 0 Å². The Kier molecular flexibility index (Phi) is 5.49. The normalized spacial score (nSPS) is 9.92. The Bertz CT molecular complexity index is 755. The van der Waals surface area contributed by atoms with Crippen LogP contribution >= 0.6 is 12.2 Å². The van der Waals surface area contributed by atoms with Gasteiger partial charge in [0.15, 0.2) is 5.11 Å².